The molecule has 2 aromatic rings. The molecule has 0 saturated carbocycles. The molecule has 5 heteroatoms. The molecule has 17 heavy (non-hydrogen) atoms. The zero-order valence-corrected chi connectivity index (χ0v) is 10.4. The van der Waals surface area contributed by atoms with Gasteiger partial charge in [0, 0.05) is 10.6 Å². The van der Waals surface area contributed by atoms with Crippen LogP contribution in [0.15, 0.2) is 42.5 Å². The SMILES string of the molecule is O=C(O)N(Cc1ccc(Cl)s1)c1ccccc1. The molecule has 1 heterocycles. The fourth-order valence-electron chi connectivity index (χ4n) is 1.47. The number of anilines is 1. The summed E-state index contributed by atoms with van der Waals surface area (Å²) >= 11 is 7.21. The fourth-order valence-corrected chi connectivity index (χ4v) is 2.55. The first-order valence-electron chi connectivity index (χ1n) is 4.96. The Morgan fingerprint density at radius 1 is 1.24 bits per heavy atom. The summed E-state index contributed by atoms with van der Waals surface area (Å²) in [5.74, 6) is 0. The highest BCUT2D eigenvalue weighted by Crippen LogP contribution is 2.25. The minimum absolute atomic E-state index is 0.316. The second-order valence-corrected chi connectivity index (χ2v) is 5.21. The minimum Gasteiger partial charge on any atom is -0.465 e. The first kappa shape index (κ1) is 12.0. The Balaban J connectivity index is 2.22. The van der Waals surface area contributed by atoms with Crippen molar-refractivity contribution in [3.8, 4) is 0 Å². The molecule has 0 fully saturated rings. The first-order valence-corrected chi connectivity index (χ1v) is 6.16. The van der Waals surface area contributed by atoms with Crippen LogP contribution in [0.2, 0.25) is 4.34 Å². The van der Waals surface area contributed by atoms with E-state index in [0.717, 1.165) is 4.88 Å². The van der Waals surface area contributed by atoms with E-state index in [9.17, 15) is 9.90 Å². The lowest BCUT2D eigenvalue weighted by Gasteiger charge is -2.18. The molecule has 1 N–H and O–H groups in total. The summed E-state index contributed by atoms with van der Waals surface area (Å²) < 4.78 is 0.665. The molecule has 3 nitrogen and oxygen atoms in total. The largest absolute Gasteiger partial charge is 0.465 e. The molecule has 0 aliphatic carbocycles. The van der Waals surface area contributed by atoms with E-state index in [1.54, 1.807) is 18.2 Å². The van der Waals surface area contributed by atoms with Crippen molar-refractivity contribution in [2.24, 2.45) is 0 Å². The first-order chi connectivity index (χ1) is 8.16. The van der Waals surface area contributed by atoms with E-state index in [1.807, 2.05) is 24.3 Å². The number of carbonyl (C=O) groups is 1. The fraction of sp³-hybridized carbons (Fsp3) is 0.0833. The highest BCUT2D eigenvalue weighted by Gasteiger charge is 2.15. The number of rotatable bonds is 3. The molecule has 0 spiro atoms. The van der Waals surface area contributed by atoms with Crippen LogP contribution >= 0.6 is 22.9 Å². The summed E-state index contributed by atoms with van der Waals surface area (Å²) in [7, 11) is 0. The molecule has 1 aromatic heterocycles. The second-order valence-electron chi connectivity index (χ2n) is 3.41. The Labute approximate surface area is 108 Å². The highest BCUT2D eigenvalue weighted by molar-refractivity contribution is 7.16. The number of hydrogen-bond acceptors (Lipinski definition) is 2. The maximum absolute atomic E-state index is 11.2. The maximum atomic E-state index is 11.2. The Morgan fingerprint density at radius 2 is 1.94 bits per heavy atom. The lowest BCUT2D eigenvalue weighted by atomic mass is 10.3. The Bertz CT molecular complexity index is 512. The Hall–Kier alpha value is -1.52. The molecule has 1 aromatic carbocycles. The van der Waals surface area contributed by atoms with Gasteiger partial charge < -0.3 is 5.11 Å². The summed E-state index contributed by atoms with van der Waals surface area (Å²) in [6.07, 6.45) is -0.972. The molecule has 0 radical (unpaired) electrons. The van der Waals surface area contributed by atoms with E-state index in [-0.39, 0.29) is 0 Å². The monoisotopic (exact) mass is 267 g/mol. The molecule has 88 valence electrons. The summed E-state index contributed by atoms with van der Waals surface area (Å²) in [6, 6.07) is 12.6. The average molecular weight is 268 g/mol. The van der Waals surface area contributed by atoms with Gasteiger partial charge in [-0.15, -0.1) is 11.3 Å². The number of benzene rings is 1. The number of hydrogen-bond donors (Lipinski definition) is 1. The third-order valence-electron chi connectivity index (χ3n) is 2.24. The normalized spacial score (nSPS) is 10.2. The van der Waals surface area contributed by atoms with Gasteiger partial charge in [-0.05, 0) is 24.3 Å². The zero-order valence-electron chi connectivity index (χ0n) is 8.84. The number of nitrogens with zero attached hydrogens (tertiary/aromatic N) is 1. The van der Waals surface area contributed by atoms with Crippen LogP contribution in [0, 0.1) is 0 Å². The number of halogens is 1. The van der Waals surface area contributed by atoms with Crippen molar-refractivity contribution in [2.75, 3.05) is 4.90 Å². The van der Waals surface area contributed by atoms with Crippen molar-refractivity contribution in [3.05, 3.63) is 51.7 Å². The van der Waals surface area contributed by atoms with Gasteiger partial charge in [0.15, 0.2) is 0 Å². The van der Waals surface area contributed by atoms with Crippen molar-refractivity contribution in [3.63, 3.8) is 0 Å². The van der Waals surface area contributed by atoms with E-state index < -0.39 is 6.09 Å². The van der Waals surface area contributed by atoms with Gasteiger partial charge in [0.05, 0.1) is 10.9 Å². The van der Waals surface area contributed by atoms with Crippen LogP contribution in [0.25, 0.3) is 0 Å². The quantitative estimate of drug-likeness (QED) is 0.910. The molecule has 0 aliphatic heterocycles. The van der Waals surface area contributed by atoms with E-state index in [2.05, 4.69) is 0 Å². The van der Waals surface area contributed by atoms with Crippen molar-refractivity contribution < 1.29 is 9.90 Å². The summed E-state index contributed by atoms with van der Waals surface area (Å²) in [6.45, 7) is 0.316. The molecule has 0 aliphatic rings. The molecule has 0 bridgehead atoms. The van der Waals surface area contributed by atoms with E-state index in [1.165, 1.54) is 16.2 Å². The predicted octanol–water partition coefficient (Wildman–Crippen LogP) is 4.09. The molecule has 2 rings (SSSR count). The molecule has 1 amide bonds. The van der Waals surface area contributed by atoms with Gasteiger partial charge >= 0.3 is 6.09 Å². The van der Waals surface area contributed by atoms with Crippen LogP contribution in [0.4, 0.5) is 10.5 Å². The van der Waals surface area contributed by atoms with Gasteiger partial charge in [-0.2, -0.15) is 0 Å². The van der Waals surface area contributed by atoms with Crippen LogP contribution in [-0.4, -0.2) is 11.2 Å². The lowest BCUT2D eigenvalue weighted by molar-refractivity contribution is 0.201. The average Bonchev–Trinajstić information content (AvgIpc) is 2.73. The maximum Gasteiger partial charge on any atom is 0.412 e. The third-order valence-corrected chi connectivity index (χ3v) is 3.46. The summed E-state index contributed by atoms with van der Waals surface area (Å²) in [5, 5.41) is 9.19. The molecule has 0 unspecified atom stereocenters. The van der Waals surface area contributed by atoms with Crippen LogP contribution in [0.5, 0.6) is 0 Å². The summed E-state index contributed by atoms with van der Waals surface area (Å²) in [5.41, 5.74) is 0.657. The number of amides is 1. The van der Waals surface area contributed by atoms with Gasteiger partial charge in [-0.1, -0.05) is 29.8 Å². The third kappa shape index (κ3) is 2.99. The van der Waals surface area contributed by atoms with Gasteiger partial charge in [0.25, 0.3) is 0 Å². The second kappa shape index (κ2) is 5.21. The van der Waals surface area contributed by atoms with E-state index >= 15 is 0 Å². The Morgan fingerprint density at radius 3 is 2.47 bits per heavy atom. The van der Waals surface area contributed by atoms with Crippen LogP contribution in [0.3, 0.4) is 0 Å². The number of para-hydroxylation sites is 1. The van der Waals surface area contributed by atoms with E-state index in [4.69, 9.17) is 11.6 Å². The summed E-state index contributed by atoms with van der Waals surface area (Å²) in [4.78, 5) is 13.4. The molecule has 0 saturated heterocycles. The van der Waals surface area contributed by atoms with Gasteiger partial charge in [0.2, 0.25) is 0 Å². The Kier molecular flexibility index (Phi) is 3.66. The molecular formula is C12H10ClNO2S. The zero-order chi connectivity index (χ0) is 12.3. The van der Waals surface area contributed by atoms with Gasteiger partial charge in [0.1, 0.15) is 0 Å². The molecule has 0 atom stereocenters. The van der Waals surface area contributed by atoms with Crippen molar-refractivity contribution in [2.45, 2.75) is 6.54 Å². The van der Waals surface area contributed by atoms with Crippen LogP contribution in [-0.2, 0) is 6.54 Å². The van der Waals surface area contributed by atoms with E-state index in [0.29, 0.717) is 16.6 Å². The van der Waals surface area contributed by atoms with Crippen molar-refractivity contribution in [1.82, 2.24) is 0 Å². The minimum atomic E-state index is -0.972. The molecular weight excluding hydrogens is 258 g/mol. The smallest absolute Gasteiger partial charge is 0.412 e. The van der Waals surface area contributed by atoms with Crippen LogP contribution in [0.1, 0.15) is 4.88 Å². The standard InChI is InChI=1S/C12H10ClNO2S/c13-11-7-6-10(17-11)8-14(12(15)16)9-4-2-1-3-5-9/h1-7H,8H2,(H,15,16). The number of thiophene rings is 1. The highest BCUT2D eigenvalue weighted by atomic mass is 35.5. The lowest BCUT2D eigenvalue weighted by Crippen LogP contribution is -2.28. The predicted molar refractivity (Wildman–Crippen MR) is 70.0 cm³/mol. The topological polar surface area (TPSA) is 40.5 Å². The number of carboxylic acid groups (broad SMARTS) is 1. The van der Waals surface area contributed by atoms with Gasteiger partial charge in [-0.25, -0.2) is 4.79 Å². The van der Waals surface area contributed by atoms with Crippen LogP contribution < -0.4 is 4.90 Å². The van der Waals surface area contributed by atoms with Gasteiger partial charge in [-0.3, -0.25) is 4.90 Å². The van der Waals surface area contributed by atoms with Crippen molar-refractivity contribution in [1.29, 1.82) is 0 Å². The van der Waals surface area contributed by atoms with Crippen molar-refractivity contribution >= 4 is 34.7 Å².